The molecule has 0 unspecified atom stereocenters. The number of pyridine rings is 1. The minimum atomic E-state index is 0.379. The van der Waals surface area contributed by atoms with Gasteiger partial charge in [0.1, 0.15) is 22.2 Å². The number of fused-ring (bicyclic) bond motifs is 7. The zero-order chi connectivity index (χ0) is 21.3. The molecule has 3 aromatic heterocycles. The predicted octanol–water partition coefficient (Wildman–Crippen LogP) is 6.94. The molecule has 6 rings (SSSR count). The van der Waals surface area contributed by atoms with Gasteiger partial charge in [0.2, 0.25) is 0 Å². The number of aryl methyl sites for hydroxylation is 2. The van der Waals surface area contributed by atoms with Crippen molar-refractivity contribution in [3.63, 3.8) is 0 Å². The molecule has 6 aromatic rings. The molecule has 0 aliphatic heterocycles. The molecule has 0 atom stereocenters. The molecule has 0 aliphatic rings. The molecule has 3 aromatic carbocycles. The second kappa shape index (κ2) is 6.45. The third-order valence-electron chi connectivity index (χ3n) is 6.56. The lowest BCUT2D eigenvalue weighted by Crippen LogP contribution is -2.33. The molecule has 0 N–H and O–H groups in total. The van der Waals surface area contributed by atoms with E-state index in [2.05, 4.69) is 110 Å². The van der Waals surface area contributed by atoms with E-state index in [-0.39, 0.29) is 0 Å². The van der Waals surface area contributed by atoms with Crippen LogP contribution in [0.2, 0.25) is 0 Å². The maximum absolute atomic E-state index is 6.58. The standard InChI is InChI=1S/C28H25N2O/c1-17(2)24-18(3)27-26(28-25(24)20-12-6-8-14-22(20)31-28)19-11-5-7-13-21(19)30(27)23-15-9-10-16-29(23)4/h5-17H,1-4H3/q+1. The Balaban J connectivity index is 1.97. The van der Waals surface area contributed by atoms with Crippen molar-refractivity contribution in [2.45, 2.75) is 26.7 Å². The third-order valence-corrected chi connectivity index (χ3v) is 6.56. The Labute approximate surface area is 181 Å². The van der Waals surface area contributed by atoms with Crippen LogP contribution in [0.5, 0.6) is 0 Å². The molecule has 3 heteroatoms. The molecule has 0 saturated heterocycles. The van der Waals surface area contributed by atoms with Gasteiger partial charge in [0, 0.05) is 27.8 Å². The van der Waals surface area contributed by atoms with Crippen molar-refractivity contribution < 1.29 is 8.98 Å². The second-order valence-electron chi connectivity index (χ2n) is 8.74. The maximum atomic E-state index is 6.58. The number of furan rings is 1. The summed E-state index contributed by atoms with van der Waals surface area (Å²) in [5.74, 6) is 1.52. The van der Waals surface area contributed by atoms with E-state index in [1.165, 1.54) is 43.7 Å². The van der Waals surface area contributed by atoms with Gasteiger partial charge < -0.3 is 4.42 Å². The van der Waals surface area contributed by atoms with E-state index in [1.54, 1.807) is 0 Å². The SMILES string of the molecule is Cc1c(C(C)C)c2c3ccccc3oc2c2c3ccccc3n(-c3cccc[n+]3C)c12. The van der Waals surface area contributed by atoms with Gasteiger partial charge in [0.05, 0.1) is 18.6 Å². The molecule has 3 nitrogen and oxygen atoms in total. The molecular formula is C28H25N2O+. The van der Waals surface area contributed by atoms with Gasteiger partial charge in [-0.25, -0.2) is 4.57 Å². The van der Waals surface area contributed by atoms with Gasteiger partial charge in [-0.15, -0.1) is 0 Å². The first kappa shape index (κ1) is 18.2. The topological polar surface area (TPSA) is 21.9 Å². The highest BCUT2D eigenvalue weighted by molar-refractivity contribution is 6.25. The smallest absolute Gasteiger partial charge is 0.286 e. The summed E-state index contributed by atoms with van der Waals surface area (Å²) in [6, 6.07) is 23.5. The summed E-state index contributed by atoms with van der Waals surface area (Å²) in [7, 11) is 2.11. The normalized spacial score (nSPS) is 12.2. The molecule has 152 valence electrons. The molecule has 0 fully saturated rings. The van der Waals surface area contributed by atoms with Crippen LogP contribution in [0.25, 0.3) is 49.6 Å². The number of rotatable bonds is 2. The number of benzene rings is 3. The summed E-state index contributed by atoms with van der Waals surface area (Å²) >= 11 is 0. The lowest BCUT2D eigenvalue weighted by atomic mass is 9.90. The van der Waals surface area contributed by atoms with Gasteiger partial charge in [-0.1, -0.05) is 50.2 Å². The largest absolute Gasteiger partial charge is 0.455 e. The summed E-state index contributed by atoms with van der Waals surface area (Å²) in [4.78, 5) is 0. The highest BCUT2D eigenvalue weighted by Crippen LogP contribution is 2.45. The molecule has 3 heterocycles. The van der Waals surface area contributed by atoms with E-state index in [9.17, 15) is 0 Å². The lowest BCUT2D eigenvalue weighted by molar-refractivity contribution is -0.665. The Morgan fingerprint density at radius 2 is 1.55 bits per heavy atom. The molecular weight excluding hydrogens is 380 g/mol. The molecule has 0 radical (unpaired) electrons. The maximum Gasteiger partial charge on any atom is 0.286 e. The molecule has 0 amide bonds. The van der Waals surface area contributed by atoms with Crippen LogP contribution in [0.1, 0.15) is 30.9 Å². The predicted molar refractivity (Wildman–Crippen MR) is 128 cm³/mol. The zero-order valence-electron chi connectivity index (χ0n) is 18.3. The van der Waals surface area contributed by atoms with Gasteiger partial charge in [0.25, 0.3) is 5.82 Å². The van der Waals surface area contributed by atoms with Crippen molar-refractivity contribution in [1.82, 2.24) is 4.57 Å². The fourth-order valence-corrected chi connectivity index (χ4v) is 5.34. The summed E-state index contributed by atoms with van der Waals surface area (Å²) in [6.45, 7) is 6.84. The number of aromatic nitrogens is 2. The molecule has 31 heavy (non-hydrogen) atoms. The second-order valence-corrected chi connectivity index (χ2v) is 8.74. The summed E-state index contributed by atoms with van der Waals surface area (Å²) in [5, 5.41) is 4.89. The van der Waals surface area contributed by atoms with E-state index >= 15 is 0 Å². The first-order chi connectivity index (χ1) is 15.1. The summed E-state index contributed by atoms with van der Waals surface area (Å²) in [5.41, 5.74) is 7.08. The number of para-hydroxylation sites is 2. The minimum absolute atomic E-state index is 0.379. The van der Waals surface area contributed by atoms with Crippen molar-refractivity contribution in [3.8, 4) is 5.82 Å². The van der Waals surface area contributed by atoms with Crippen LogP contribution in [0.4, 0.5) is 0 Å². The summed E-state index contributed by atoms with van der Waals surface area (Å²) in [6.07, 6.45) is 2.11. The van der Waals surface area contributed by atoms with Gasteiger partial charge in [-0.2, -0.15) is 4.57 Å². The first-order valence-electron chi connectivity index (χ1n) is 10.9. The van der Waals surface area contributed by atoms with Crippen LogP contribution in [-0.2, 0) is 7.05 Å². The minimum Gasteiger partial charge on any atom is -0.455 e. The van der Waals surface area contributed by atoms with Gasteiger partial charge >= 0.3 is 0 Å². The van der Waals surface area contributed by atoms with Crippen LogP contribution in [0, 0.1) is 6.92 Å². The first-order valence-corrected chi connectivity index (χ1v) is 10.9. The quantitative estimate of drug-likeness (QED) is 0.286. The van der Waals surface area contributed by atoms with Gasteiger partial charge in [-0.3, -0.25) is 0 Å². The summed E-state index contributed by atoms with van der Waals surface area (Å²) < 4.78 is 11.2. The van der Waals surface area contributed by atoms with Crippen molar-refractivity contribution in [1.29, 1.82) is 0 Å². The van der Waals surface area contributed by atoms with E-state index in [0.717, 1.165) is 17.0 Å². The Bertz CT molecular complexity index is 1630. The Morgan fingerprint density at radius 1 is 0.839 bits per heavy atom. The van der Waals surface area contributed by atoms with E-state index in [0.29, 0.717) is 5.92 Å². The van der Waals surface area contributed by atoms with Crippen molar-refractivity contribution in [2.24, 2.45) is 7.05 Å². The van der Waals surface area contributed by atoms with E-state index in [1.807, 2.05) is 0 Å². The molecule has 0 bridgehead atoms. The zero-order valence-corrected chi connectivity index (χ0v) is 18.3. The van der Waals surface area contributed by atoms with Gasteiger partial charge in [-0.05, 0) is 42.7 Å². The fraction of sp³-hybridized carbons (Fsp3) is 0.179. The Hall–Kier alpha value is -3.59. The van der Waals surface area contributed by atoms with Gasteiger partial charge in [0.15, 0.2) is 0 Å². The van der Waals surface area contributed by atoms with Crippen molar-refractivity contribution in [3.05, 3.63) is 84.1 Å². The lowest BCUT2D eigenvalue weighted by Gasteiger charge is -2.13. The molecule has 0 spiro atoms. The van der Waals surface area contributed by atoms with Crippen LogP contribution in [-0.4, -0.2) is 4.57 Å². The van der Waals surface area contributed by atoms with Crippen LogP contribution in [0.15, 0.2) is 77.3 Å². The molecule has 0 saturated carbocycles. The average molecular weight is 406 g/mol. The van der Waals surface area contributed by atoms with Crippen LogP contribution >= 0.6 is 0 Å². The van der Waals surface area contributed by atoms with E-state index < -0.39 is 0 Å². The number of hydrogen-bond donors (Lipinski definition) is 0. The highest BCUT2D eigenvalue weighted by Gasteiger charge is 2.29. The number of nitrogens with zero attached hydrogens (tertiary/aromatic N) is 2. The average Bonchev–Trinajstić information content (AvgIpc) is 3.31. The molecule has 0 aliphatic carbocycles. The van der Waals surface area contributed by atoms with Crippen molar-refractivity contribution >= 4 is 43.7 Å². The van der Waals surface area contributed by atoms with Crippen LogP contribution < -0.4 is 4.57 Å². The monoisotopic (exact) mass is 405 g/mol. The highest BCUT2D eigenvalue weighted by atomic mass is 16.3. The Morgan fingerprint density at radius 3 is 2.32 bits per heavy atom. The van der Waals surface area contributed by atoms with E-state index in [4.69, 9.17) is 4.42 Å². The fourth-order valence-electron chi connectivity index (χ4n) is 5.34. The van der Waals surface area contributed by atoms with Crippen LogP contribution in [0.3, 0.4) is 0 Å². The Kier molecular flexibility index (Phi) is 3.79. The number of hydrogen-bond acceptors (Lipinski definition) is 1. The van der Waals surface area contributed by atoms with Crippen molar-refractivity contribution in [2.75, 3.05) is 0 Å². The third kappa shape index (κ3) is 2.37.